The van der Waals surface area contributed by atoms with E-state index in [1.807, 2.05) is 0 Å². The quantitative estimate of drug-likeness (QED) is 0.297. The fraction of sp³-hybridized carbons (Fsp3) is 0.750. The second kappa shape index (κ2) is 8.47. The highest BCUT2D eigenvalue weighted by molar-refractivity contribution is 14.1. The number of halogens is 1. The van der Waals surface area contributed by atoms with E-state index in [9.17, 15) is 0 Å². The molecule has 0 aliphatic carbocycles. The fourth-order valence-electron chi connectivity index (χ4n) is 0.641. The summed E-state index contributed by atoms with van der Waals surface area (Å²) in [6, 6.07) is 0. The molecular weight excluding hydrogens is 223 g/mol. The summed E-state index contributed by atoms with van der Waals surface area (Å²) in [5.41, 5.74) is 0. The Bertz CT molecular complexity index is 67.0. The van der Waals surface area contributed by atoms with Gasteiger partial charge in [0.15, 0.2) is 0 Å². The second-order valence-corrected chi connectivity index (χ2v) is 3.14. The van der Waals surface area contributed by atoms with E-state index in [0.717, 1.165) is 0 Å². The minimum atomic E-state index is 1.18. The average Bonchev–Trinajstić information content (AvgIpc) is 1.89. The third kappa shape index (κ3) is 8.47. The molecule has 0 spiro atoms. The summed E-state index contributed by atoms with van der Waals surface area (Å²) in [7, 11) is 0. The first kappa shape index (κ1) is 9.47. The molecule has 0 atom stereocenters. The zero-order valence-corrected chi connectivity index (χ0v) is 8.23. The van der Waals surface area contributed by atoms with E-state index in [-0.39, 0.29) is 0 Å². The van der Waals surface area contributed by atoms with Gasteiger partial charge in [0.1, 0.15) is 0 Å². The molecule has 9 heavy (non-hydrogen) atoms. The monoisotopic (exact) mass is 238 g/mol. The van der Waals surface area contributed by atoms with Crippen molar-refractivity contribution in [1.82, 2.24) is 0 Å². The molecule has 0 saturated carbocycles. The fourth-order valence-corrected chi connectivity index (χ4v) is 1.18. The van der Waals surface area contributed by atoms with Crippen LogP contribution in [0.4, 0.5) is 0 Å². The highest BCUT2D eigenvalue weighted by Gasteiger charge is 1.80. The van der Waals surface area contributed by atoms with Crippen LogP contribution in [0.3, 0.4) is 0 Å². The van der Waals surface area contributed by atoms with Crippen LogP contribution in [0.25, 0.3) is 0 Å². The van der Waals surface area contributed by atoms with Crippen molar-refractivity contribution >= 4 is 22.6 Å². The number of hydrogen-bond acceptors (Lipinski definition) is 0. The standard InChI is InChI=1S/C8H15I/c1-2-3-4-5-6-7-8-9/h3-4H,2,5-8H2,1H3/b4-3+. The molecule has 1 heteroatoms. The molecule has 0 aromatic carbocycles. The van der Waals surface area contributed by atoms with Gasteiger partial charge in [-0.1, -0.05) is 41.7 Å². The van der Waals surface area contributed by atoms with E-state index >= 15 is 0 Å². The van der Waals surface area contributed by atoms with Gasteiger partial charge in [-0.2, -0.15) is 0 Å². The average molecular weight is 238 g/mol. The van der Waals surface area contributed by atoms with Crippen LogP contribution in [-0.4, -0.2) is 4.43 Å². The van der Waals surface area contributed by atoms with Crippen LogP contribution in [0.2, 0.25) is 0 Å². The molecule has 0 aromatic heterocycles. The molecule has 0 unspecified atom stereocenters. The van der Waals surface area contributed by atoms with Crippen LogP contribution >= 0.6 is 22.6 Å². The molecule has 0 nitrogen and oxygen atoms in total. The summed E-state index contributed by atoms with van der Waals surface area (Å²) >= 11 is 2.42. The minimum absolute atomic E-state index is 1.18. The number of rotatable bonds is 5. The molecule has 0 bridgehead atoms. The van der Waals surface area contributed by atoms with Crippen molar-refractivity contribution in [2.45, 2.75) is 32.6 Å². The third-order valence-corrected chi connectivity index (χ3v) is 1.92. The van der Waals surface area contributed by atoms with Crippen LogP contribution in [0.5, 0.6) is 0 Å². The van der Waals surface area contributed by atoms with E-state index in [1.54, 1.807) is 0 Å². The van der Waals surface area contributed by atoms with Gasteiger partial charge in [-0.25, -0.2) is 0 Å². The first-order valence-electron chi connectivity index (χ1n) is 3.62. The smallest absolute Gasteiger partial charge is 0.000462 e. The largest absolute Gasteiger partial charge is 0.0888 e. The van der Waals surface area contributed by atoms with Gasteiger partial charge in [0.25, 0.3) is 0 Å². The van der Waals surface area contributed by atoms with Crippen LogP contribution < -0.4 is 0 Å². The summed E-state index contributed by atoms with van der Waals surface area (Å²) in [5, 5.41) is 0. The van der Waals surface area contributed by atoms with Gasteiger partial charge in [-0.05, 0) is 30.1 Å². The summed E-state index contributed by atoms with van der Waals surface area (Å²) in [6.45, 7) is 2.18. The molecule has 0 aliphatic rings. The number of unbranched alkanes of at least 4 members (excludes halogenated alkanes) is 2. The molecule has 0 rings (SSSR count). The maximum absolute atomic E-state index is 2.42. The minimum Gasteiger partial charge on any atom is -0.0888 e. The van der Waals surface area contributed by atoms with Gasteiger partial charge in [-0.3, -0.25) is 0 Å². The van der Waals surface area contributed by atoms with Gasteiger partial charge < -0.3 is 0 Å². The van der Waals surface area contributed by atoms with Gasteiger partial charge >= 0.3 is 0 Å². The van der Waals surface area contributed by atoms with Crippen molar-refractivity contribution in [2.24, 2.45) is 0 Å². The Hall–Kier alpha value is 0.470. The van der Waals surface area contributed by atoms with Crippen molar-refractivity contribution in [3.63, 3.8) is 0 Å². The van der Waals surface area contributed by atoms with E-state index in [2.05, 4.69) is 41.7 Å². The molecule has 0 fully saturated rings. The lowest BCUT2D eigenvalue weighted by Crippen LogP contribution is -1.72. The highest BCUT2D eigenvalue weighted by atomic mass is 127. The van der Waals surface area contributed by atoms with Crippen LogP contribution in [0, 0.1) is 0 Å². The zero-order valence-electron chi connectivity index (χ0n) is 6.07. The van der Waals surface area contributed by atoms with E-state index in [4.69, 9.17) is 0 Å². The lowest BCUT2D eigenvalue weighted by atomic mass is 10.2. The zero-order chi connectivity index (χ0) is 6.95. The lowest BCUT2D eigenvalue weighted by molar-refractivity contribution is 0.828. The number of alkyl halides is 1. The number of allylic oxidation sites excluding steroid dienone is 2. The van der Waals surface area contributed by atoms with Crippen LogP contribution in [0.1, 0.15) is 32.6 Å². The lowest BCUT2D eigenvalue weighted by Gasteiger charge is -1.88. The Morgan fingerprint density at radius 3 is 2.56 bits per heavy atom. The predicted molar refractivity (Wildman–Crippen MR) is 52.2 cm³/mol. The molecule has 54 valence electrons. The van der Waals surface area contributed by atoms with Gasteiger partial charge in [0.05, 0.1) is 0 Å². The maximum atomic E-state index is 2.42. The maximum Gasteiger partial charge on any atom is -0.000462 e. The topological polar surface area (TPSA) is 0 Å². The third-order valence-electron chi connectivity index (χ3n) is 1.16. The molecule has 0 amide bonds. The highest BCUT2D eigenvalue weighted by Crippen LogP contribution is 1.99. The van der Waals surface area contributed by atoms with Gasteiger partial charge in [0.2, 0.25) is 0 Å². The van der Waals surface area contributed by atoms with E-state index in [0.29, 0.717) is 0 Å². The van der Waals surface area contributed by atoms with Crippen molar-refractivity contribution in [3.8, 4) is 0 Å². The Morgan fingerprint density at radius 1 is 1.22 bits per heavy atom. The normalized spacial score (nSPS) is 10.9. The van der Waals surface area contributed by atoms with E-state index in [1.165, 1.54) is 30.1 Å². The molecule has 0 radical (unpaired) electrons. The first-order chi connectivity index (χ1) is 4.41. The van der Waals surface area contributed by atoms with Crippen molar-refractivity contribution < 1.29 is 0 Å². The van der Waals surface area contributed by atoms with E-state index < -0.39 is 0 Å². The van der Waals surface area contributed by atoms with Gasteiger partial charge in [0, 0.05) is 0 Å². The van der Waals surface area contributed by atoms with Crippen molar-refractivity contribution in [1.29, 1.82) is 0 Å². The first-order valence-corrected chi connectivity index (χ1v) is 5.15. The molecule has 0 N–H and O–H groups in total. The SMILES string of the molecule is CC/C=C/CCCCI. The van der Waals surface area contributed by atoms with Crippen molar-refractivity contribution in [2.75, 3.05) is 4.43 Å². The van der Waals surface area contributed by atoms with Crippen LogP contribution in [0.15, 0.2) is 12.2 Å². The Balaban J connectivity index is 2.82. The second-order valence-electron chi connectivity index (χ2n) is 2.06. The number of hydrogen-bond donors (Lipinski definition) is 0. The summed E-state index contributed by atoms with van der Waals surface area (Å²) < 4.78 is 1.30. The Morgan fingerprint density at radius 2 is 2.00 bits per heavy atom. The van der Waals surface area contributed by atoms with Gasteiger partial charge in [-0.15, -0.1) is 0 Å². The molecular formula is C8H15I. The Kier molecular flexibility index (Phi) is 8.91. The molecule has 0 aliphatic heterocycles. The summed E-state index contributed by atoms with van der Waals surface area (Å²) in [5.74, 6) is 0. The summed E-state index contributed by atoms with van der Waals surface area (Å²) in [4.78, 5) is 0. The van der Waals surface area contributed by atoms with Crippen molar-refractivity contribution in [3.05, 3.63) is 12.2 Å². The summed E-state index contributed by atoms with van der Waals surface area (Å²) in [6.07, 6.45) is 9.72. The molecule has 0 aromatic rings. The van der Waals surface area contributed by atoms with Crippen LogP contribution in [-0.2, 0) is 0 Å². The predicted octanol–water partition coefficient (Wildman–Crippen LogP) is 3.56. The molecule has 0 heterocycles. The Labute approximate surface area is 71.9 Å². The molecule has 0 saturated heterocycles.